The van der Waals surface area contributed by atoms with Gasteiger partial charge in [0.15, 0.2) is 5.13 Å². The van der Waals surface area contributed by atoms with E-state index in [1.165, 1.54) is 47.4 Å². The molecule has 2 amide bonds. The van der Waals surface area contributed by atoms with Gasteiger partial charge >= 0.3 is 0 Å². The Morgan fingerprint density at radius 1 is 1.24 bits per heavy atom. The van der Waals surface area contributed by atoms with Gasteiger partial charge in [0.1, 0.15) is 5.82 Å². The van der Waals surface area contributed by atoms with Crippen molar-refractivity contribution >= 4 is 57.3 Å². The number of aromatic nitrogens is 3. The highest BCUT2D eigenvalue weighted by molar-refractivity contribution is 7.14. The molecule has 0 fully saturated rings. The number of hydrogen-bond donors (Lipinski definition) is 1. The lowest BCUT2D eigenvalue weighted by Gasteiger charge is -2.18. The minimum Gasteiger partial charge on any atom is -0.322 e. The molecule has 2 aromatic heterocycles. The predicted molar refractivity (Wildman–Crippen MR) is 128 cm³/mol. The second-order valence-electron chi connectivity index (χ2n) is 6.82. The van der Waals surface area contributed by atoms with Crippen molar-refractivity contribution in [1.29, 1.82) is 0 Å². The quantitative estimate of drug-likeness (QED) is 0.371. The molecule has 7 nitrogen and oxygen atoms in total. The lowest BCUT2D eigenvalue weighted by Crippen LogP contribution is -2.23. The van der Waals surface area contributed by atoms with Crippen LogP contribution in [-0.2, 0) is 9.59 Å². The van der Waals surface area contributed by atoms with Gasteiger partial charge in [-0.15, -0.1) is 11.3 Å². The van der Waals surface area contributed by atoms with Crippen LogP contribution in [0, 0.1) is 5.82 Å². The highest BCUT2D eigenvalue weighted by atomic mass is 35.5. The van der Waals surface area contributed by atoms with Crippen LogP contribution in [0.25, 0.3) is 11.8 Å². The molecule has 0 spiro atoms. The van der Waals surface area contributed by atoms with Gasteiger partial charge in [0, 0.05) is 36.5 Å². The van der Waals surface area contributed by atoms with Gasteiger partial charge in [-0.25, -0.2) is 14.4 Å². The summed E-state index contributed by atoms with van der Waals surface area (Å²) in [5.74, 6) is -1.29. The molecular weight excluding hydrogens is 465 g/mol. The average Bonchev–Trinajstić information content (AvgIpc) is 3.46. The summed E-state index contributed by atoms with van der Waals surface area (Å²) in [5, 5.41) is 5.16. The Morgan fingerprint density at radius 3 is 2.76 bits per heavy atom. The number of anilines is 3. The van der Waals surface area contributed by atoms with Gasteiger partial charge in [-0.2, -0.15) is 0 Å². The van der Waals surface area contributed by atoms with Crippen molar-refractivity contribution in [2.24, 2.45) is 0 Å². The van der Waals surface area contributed by atoms with Crippen LogP contribution in [0.15, 0.2) is 72.6 Å². The molecule has 0 saturated carbocycles. The van der Waals surface area contributed by atoms with Crippen LogP contribution < -0.4 is 10.2 Å². The molecule has 0 atom stereocenters. The molecule has 166 valence electrons. The van der Waals surface area contributed by atoms with E-state index in [2.05, 4.69) is 15.3 Å². The number of carbonyl (C=O) groups excluding carboxylic acids is 2. The first kappa shape index (κ1) is 22.4. The van der Waals surface area contributed by atoms with Crippen LogP contribution in [0.5, 0.6) is 0 Å². The van der Waals surface area contributed by atoms with E-state index in [0.29, 0.717) is 21.5 Å². The largest absolute Gasteiger partial charge is 0.322 e. The molecule has 2 aromatic carbocycles. The normalized spacial score (nSPS) is 11.0. The van der Waals surface area contributed by atoms with Crippen molar-refractivity contribution in [2.45, 2.75) is 6.92 Å². The molecule has 0 radical (unpaired) electrons. The van der Waals surface area contributed by atoms with Gasteiger partial charge in [0.05, 0.1) is 28.4 Å². The standard InChI is InChI=1S/C23H17ClFN5O2S/c1-15(31)30(21-5-3-2-4-19(21)25)23-28-17(13-33-23)7-9-22(32)27-16-6-8-20(18(24)12-16)29-11-10-26-14-29/h2-14H,1H3,(H,27,32)/b9-7+. The Kier molecular flexibility index (Phi) is 6.62. The van der Waals surface area contributed by atoms with Gasteiger partial charge in [-0.05, 0) is 36.4 Å². The fourth-order valence-corrected chi connectivity index (χ4v) is 4.16. The second-order valence-corrected chi connectivity index (χ2v) is 8.06. The summed E-state index contributed by atoms with van der Waals surface area (Å²) in [6.07, 6.45) is 7.87. The van der Waals surface area contributed by atoms with Crippen molar-refractivity contribution in [1.82, 2.24) is 14.5 Å². The summed E-state index contributed by atoms with van der Waals surface area (Å²) in [6, 6.07) is 11.1. The van der Waals surface area contributed by atoms with Crippen LogP contribution >= 0.6 is 22.9 Å². The first-order valence-corrected chi connectivity index (χ1v) is 11.0. The minimum absolute atomic E-state index is 0.114. The maximum absolute atomic E-state index is 14.2. The third kappa shape index (κ3) is 5.16. The van der Waals surface area contributed by atoms with E-state index in [4.69, 9.17) is 11.6 Å². The molecule has 4 rings (SSSR count). The van der Waals surface area contributed by atoms with E-state index in [1.54, 1.807) is 59.0 Å². The number of rotatable bonds is 6. The van der Waals surface area contributed by atoms with Crippen LogP contribution in [0.1, 0.15) is 12.6 Å². The number of amides is 2. The molecule has 10 heteroatoms. The lowest BCUT2D eigenvalue weighted by molar-refractivity contribution is -0.116. The van der Waals surface area contributed by atoms with E-state index in [-0.39, 0.29) is 17.5 Å². The molecule has 33 heavy (non-hydrogen) atoms. The Hall–Kier alpha value is -3.82. The van der Waals surface area contributed by atoms with E-state index in [1.807, 2.05) is 0 Å². The number of benzene rings is 2. The molecule has 0 saturated heterocycles. The van der Waals surface area contributed by atoms with Crippen molar-refractivity contribution in [3.8, 4) is 5.69 Å². The summed E-state index contributed by atoms with van der Waals surface area (Å²) in [6.45, 7) is 1.33. The van der Waals surface area contributed by atoms with Crippen LogP contribution in [0.3, 0.4) is 0 Å². The maximum atomic E-state index is 14.2. The first-order chi connectivity index (χ1) is 15.9. The van der Waals surface area contributed by atoms with Gasteiger partial charge in [0.25, 0.3) is 0 Å². The summed E-state index contributed by atoms with van der Waals surface area (Å²) in [5.41, 5.74) is 1.84. The fraction of sp³-hybridized carbons (Fsp3) is 0.0435. The smallest absolute Gasteiger partial charge is 0.248 e. The number of thiazole rings is 1. The van der Waals surface area contributed by atoms with Gasteiger partial charge in [0.2, 0.25) is 11.8 Å². The minimum atomic E-state index is -0.530. The number of carbonyl (C=O) groups is 2. The fourth-order valence-electron chi connectivity index (χ4n) is 3.04. The molecule has 0 bridgehead atoms. The highest BCUT2D eigenvalue weighted by Crippen LogP contribution is 2.31. The molecule has 4 aromatic rings. The van der Waals surface area contributed by atoms with Crippen molar-refractivity contribution in [3.05, 3.63) is 89.2 Å². The van der Waals surface area contributed by atoms with Gasteiger partial charge in [-0.1, -0.05) is 23.7 Å². The Labute approximate surface area is 197 Å². The number of halogens is 2. The highest BCUT2D eigenvalue weighted by Gasteiger charge is 2.20. The maximum Gasteiger partial charge on any atom is 0.248 e. The lowest BCUT2D eigenvalue weighted by atomic mass is 10.2. The number of hydrogen-bond acceptors (Lipinski definition) is 5. The molecule has 1 N–H and O–H groups in total. The summed E-state index contributed by atoms with van der Waals surface area (Å²) in [7, 11) is 0. The number of nitrogens with one attached hydrogen (secondary N) is 1. The monoisotopic (exact) mass is 481 g/mol. The van der Waals surface area contributed by atoms with Crippen LogP contribution in [0.4, 0.5) is 20.9 Å². The second kappa shape index (κ2) is 9.76. The first-order valence-electron chi connectivity index (χ1n) is 9.70. The number of nitrogens with zero attached hydrogens (tertiary/aromatic N) is 4. The van der Waals surface area contributed by atoms with E-state index < -0.39 is 5.82 Å². The van der Waals surface area contributed by atoms with Gasteiger partial charge in [-0.3, -0.25) is 14.5 Å². The van der Waals surface area contributed by atoms with Crippen LogP contribution in [-0.4, -0.2) is 26.3 Å². The third-order valence-corrected chi connectivity index (χ3v) is 5.66. The number of para-hydroxylation sites is 1. The van der Waals surface area contributed by atoms with Crippen LogP contribution in [0.2, 0.25) is 5.02 Å². The molecule has 0 unspecified atom stereocenters. The van der Waals surface area contributed by atoms with E-state index >= 15 is 0 Å². The van der Waals surface area contributed by atoms with Crippen molar-refractivity contribution < 1.29 is 14.0 Å². The van der Waals surface area contributed by atoms with Crippen molar-refractivity contribution in [2.75, 3.05) is 10.2 Å². The molecule has 0 aliphatic heterocycles. The third-order valence-electron chi connectivity index (χ3n) is 4.51. The Balaban J connectivity index is 1.46. The molecule has 0 aliphatic carbocycles. The Bertz CT molecular complexity index is 1340. The zero-order chi connectivity index (χ0) is 23.4. The number of imidazole rings is 1. The summed E-state index contributed by atoms with van der Waals surface area (Å²) >= 11 is 7.48. The Morgan fingerprint density at radius 2 is 2.06 bits per heavy atom. The van der Waals surface area contributed by atoms with E-state index in [0.717, 1.165) is 5.69 Å². The zero-order valence-electron chi connectivity index (χ0n) is 17.3. The summed E-state index contributed by atoms with van der Waals surface area (Å²) in [4.78, 5) is 34.0. The predicted octanol–water partition coefficient (Wildman–Crippen LogP) is 5.46. The molecule has 2 heterocycles. The zero-order valence-corrected chi connectivity index (χ0v) is 18.8. The average molecular weight is 482 g/mol. The van der Waals surface area contributed by atoms with Crippen molar-refractivity contribution in [3.63, 3.8) is 0 Å². The SMILES string of the molecule is CC(=O)N(c1nc(/C=C/C(=O)Nc2ccc(-n3ccnc3)c(Cl)c2)cs1)c1ccccc1F. The van der Waals surface area contributed by atoms with Gasteiger partial charge < -0.3 is 9.88 Å². The topological polar surface area (TPSA) is 80.1 Å². The molecule has 0 aliphatic rings. The van der Waals surface area contributed by atoms with E-state index in [9.17, 15) is 14.0 Å². The molecular formula is C23H17ClFN5O2S. The summed E-state index contributed by atoms with van der Waals surface area (Å²) < 4.78 is 16.0.